The highest BCUT2D eigenvalue weighted by Crippen LogP contribution is 2.29. The molecule has 1 fully saturated rings. The predicted octanol–water partition coefficient (Wildman–Crippen LogP) is 4.27. The molecule has 3 aromatic rings. The minimum Gasteiger partial charge on any atom is -0.386 e. The van der Waals surface area contributed by atoms with E-state index in [4.69, 9.17) is 0 Å². The van der Waals surface area contributed by atoms with Crippen molar-refractivity contribution in [3.63, 3.8) is 0 Å². The Kier molecular flexibility index (Phi) is 6.21. The lowest BCUT2D eigenvalue weighted by Gasteiger charge is -2.42. The zero-order valence-corrected chi connectivity index (χ0v) is 20.0. The molecule has 0 amide bonds. The molecule has 1 N–H and O–H groups in total. The lowest BCUT2D eigenvalue weighted by Crippen LogP contribution is -2.52. The summed E-state index contributed by atoms with van der Waals surface area (Å²) >= 11 is 0. The van der Waals surface area contributed by atoms with Crippen LogP contribution in [0.15, 0.2) is 54.6 Å². The normalized spacial score (nSPS) is 16.7. The maximum absolute atomic E-state index is 12.9. The number of nitrogens with zero attached hydrogens (tertiary/aromatic N) is 4. The van der Waals surface area contributed by atoms with Crippen molar-refractivity contribution in [2.75, 3.05) is 29.4 Å². The third-order valence-corrected chi connectivity index (χ3v) is 6.58. The number of aromatic nitrogens is 2. The molecule has 1 aliphatic rings. The van der Waals surface area contributed by atoms with Crippen molar-refractivity contribution in [2.45, 2.75) is 46.3 Å². The number of anilines is 2. The number of piperazine rings is 1. The molecule has 1 saturated heterocycles. The van der Waals surface area contributed by atoms with Gasteiger partial charge in [0.15, 0.2) is 5.82 Å². The van der Waals surface area contributed by atoms with Gasteiger partial charge in [-0.2, -0.15) is 0 Å². The molecule has 1 unspecified atom stereocenters. The van der Waals surface area contributed by atoms with E-state index < -0.39 is 5.60 Å². The Morgan fingerprint density at radius 1 is 0.970 bits per heavy atom. The molecular weight excluding hydrogens is 412 g/mol. The summed E-state index contributed by atoms with van der Waals surface area (Å²) in [6.45, 7) is 12.3. The fraction of sp³-hybridized carbons (Fsp3) is 0.370. The summed E-state index contributed by atoms with van der Waals surface area (Å²) in [5.41, 5.74) is 4.14. The Bertz CT molecular complexity index is 1140. The van der Waals surface area contributed by atoms with Crippen molar-refractivity contribution in [3.05, 3.63) is 82.5 Å². The van der Waals surface area contributed by atoms with Crippen LogP contribution in [0.4, 0.5) is 11.5 Å². The highest BCUT2D eigenvalue weighted by Gasteiger charge is 2.28. The Hall–Kier alpha value is -3.25. The third kappa shape index (κ3) is 4.62. The van der Waals surface area contributed by atoms with Crippen LogP contribution in [0.5, 0.6) is 0 Å². The Morgan fingerprint density at radius 2 is 1.64 bits per heavy atom. The number of benzene rings is 2. The molecule has 6 nitrogen and oxygen atoms in total. The molecule has 1 atom stereocenters. The molecule has 33 heavy (non-hydrogen) atoms. The summed E-state index contributed by atoms with van der Waals surface area (Å²) in [6.07, 6.45) is 0. The summed E-state index contributed by atoms with van der Waals surface area (Å²) in [5, 5.41) is 19.1. The van der Waals surface area contributed by atoms with Gasteiger partial charge in [-0.1, -0.05) is 42.5 Å². The molecule has 0 saturated carbocycles. The van der Waals surface area contributed by atoms with Crippen LogP contribution in [0.3, 0.4) is 0 Å². The summed E-state index contributed by atoms with van der Waals surface area (Å²) in [7, 11) is 0. The van der Waals surface area contributed by atoms with Gasteiger partial charge >= 0.3 is 0 Å². The van der Waals surface area contributed by atoms with Gasteiger partial charge in [0.2, 0.25) is 5.78 Å². The van der Waals surface area contributed by atoms with Crippen LogP contribution in [0.2, 0.25) is 0 Å². The summed E-state index contributed by atoms with van der Waals surface area (Å²) in [4.78, 5) is 17.6. The lowest BCUT2D eigenvalue weighted by atomic mass is 9.98. The number of carbonyl (C=O) groups is 1. The molecule has 4 rings (SSSR count). The molecule has 6 heteroatoms. The molecule has 0 radical (unpaired) electrons. The van der Waals surface area contributed by atoms with E-state index in [-0.39, 0.29) is 11.8 Å². The Labute approximate surface area is 195 Å². The van der Waals surface area contributed by atoms with Crippen molar-refractivity contribution < 1.29 is 9.90 Å². The lowest BCUT2D eigenvalue weighted by molar-refractivity contribution is 0.0786. The van der Waals surface area contributed by atoms with Gasteiger partial charge in [-0.15, -0.1) is 10.2 Å². The Balaban J connectivity index is 1.51. The molecular formula is C27H32N4O2. The smallest absolute Gasteiger partial charge is 0.213 e. The van der Waals surface area contributed by atoms with Crippen LogP contribution in [0.25, 0.3) is 0 Å². The van der Waals surface area contributed by atoms with E-state index in [1.54, 1.807) is 13.8 Å². The number of ketones is 1. The molecule has 2 aromatic carbocycles. The Morgan fingerprint density at radius 3 is 2.24 bits per heavy atom. The molecule has 172 valence electrons. The van der Waals surface area contributed by atoms with Gasteiger partial charge in [0, 0.05) is 36.9 Å². The second kappa shape index (κ2) is 8.94. The van der Waals surface area contributed by atoms with E-state index in [2.05, 4.69) is 39.1 Å². The van der Waals surface area contributed by atoms with E-state index >= 15 is 0 Å². The molecule has 0 aliphatic carbocycles. The summed E-state index contributed by atoms with van der Waals surface area (Å²) in [5.74, 6) is 0.754. The SMILES string of the molecule is Cc1c(C(=O)c2ccccc2)nnc(N2CCN(c3ccc(C(C)(C)O)cc3)C(C)C2)c1C. The molecule has 2 heterocycles. The maximum Gasteiger partial charge on any atom is 0.213 e. The molecule has 0 spiro atoms. The zero-order valence-electron chi connectivity index (χ0n) is 20.0. The first-order chi connectivity index (χ1) is 15.7. The van der Waals surface area contributed by atoms with Crippen LogP contribution >= 0.6 is 0 Å². The highest BCUT2D eigenvalue weighted by molar-refractivity contribution is 6.08. The number of hydrogen-bond acceptors (Lipinski definition) is 6. The van der Waals surface area contributed by atoms with E-state index in [9.17, 15) is 9.90 Å². The number of aliphatic hydroxyl groups is 1. The first-order valence-corrected chi connectivity index (χ1v) is 11.4. The molecule has 1 aromatic heterocycles. The van der Waals surface area contributed by atoms with Gasteiger partial charge in [0.05, 0.1) is 5.60 Å². The van der Waals surface area contributed by atoms with E-state index in [0.717, 1.165) is 47.8 Å². The topological polar surface area (TPSA) is 69.6 Å². The average molecular weight is 445 g/mol. The maximum atomic E-state index is 12.9. The van der Waals surface area contributed by atoms with Gasteiger partial charge < -0.3 is 14.9 Å². The van der Waals surface area contributed by atoms with Crippen molar-refractivity contribution >= 4 is 17.3 Å². The van der Waals surface area contributed by atoms with Crippen molar-refractivity contribution in [1.82, 2.24) is 10.2 Å². The zero-order chi connectivity index (χ0) is 23.8. The van der Waals surface area contributed by atoms with Crippen molar-refractivity contribution in [1.29, 1.82) is 0 Å². The van der Waals surface area contributed by atoms with E-state index in [1.165, 1.54) is 0 Å². The van der Waals surface area contributed by atoms with E-state index in [1.807, 2.05) is 56.3 Å². The highest BCUT2D eigenvalue weighted by atomic mass is 16.3. The second-order valence-electron chi connectivity index (χ2n) is 9.41. The third-order valence-electron chi connectivity index (χ3n) is 6.58. The predicted molar refractivity (Wildman–Crippen MR) is 132 cm³/mol. The van der Waals surface area contributed by atoms with Gasteiger partial charge in [0.1, 0.15) is 5.69 Å². The van der Waals surface area contributed by atoms with Crippen molar-refractivity contribution in [2.24, 2.45) is 0 Å². The molecule has 1 aliphatic heterocycles. The average Bonchev–Trinajstić information content (AvgIpc) is 2.80. The second-order valence-corrected chi connectivity index (χ2v) is 9.41. The fourth-order valence-corrected chi connectivity index (χ4v) is 4.43. The molecule has 0 bridgehead atoms. The first kappa shape index (κ1) is 22.9. The largest absolute Gasteiger partial charge is 0.386 e. The van der Waals surface area contributed by atoms with Crippen LogP contribution in [0.1, 0.15) is 53.5 Å². The van der Waals surface area contributed by atoms with E-state index in [0.29, 0.717) is 11.3 Å². The minimum atomic E-state index is -0.842. The summed E-state index contributed by atoms with van der Waals surface area (Å²) < 4.78 is 0. The van der Waals surface area contributed by atoms with Crippen molar-refractivity contribution in [3.8, 4) is 0 Å². The van der Waals surface area contributed by atoms with Crippen LogP contribution < -0.4 is 9.80 Å². The number of hydrogen-bond donors (Lipinski definition) is 1. The van der Waals surface area contributed by atoms with Gasteiger partial charge in [-0.3, -0.25) is 4.79 Å². The van der Waals surface area contributed by atoms with Gasteiger partial charge in [-0.05, 0) is 63.4 Å². The first-order valence-electron chi connectivity index (χ1n) is 11.4. The quantitative estimate of drug-likeness (QED) is 0.593. The summed E-state index contributed by atoms with van der Waals surface area (Å²) in [6, 6.07) is 17.7. The number of carbonyl (C=O) groups excluding carboxylic acids is 1. The minimum absolute atomic E-state index is 0.0945. The van der Waals surface area contributed by atoms with Gasteiger partial charge in [0.25, 0.3) is 0 Å². The van der Waals surface area contributed by atoms with Crippen LogP contribution in [-0.2, 0) is 5.60 Å². The van der Waals surface area contributed by atoms with Crippen LogP contribution in [-0.4, -0.2) is 46.8 Å². The standard InChI is InChI=1S/C27H32N4O2/c1-18-17-30(15-16-31(18)23-13-11-22(12-14-23)27(4,5)33)26-20(3)19(2)24(28-29-26)25(32)21-9-7-6-8-10-21/h6-14,18,33H,15-17H2,1-5H3. The monoisotopic (exact) mass is 444 g/mol. The number of rotatable bonds is 5. The van der Waals surface area contributed by atoms with Crippen LogP contribution in [0, 0.1) is 13.8 Å². The van der Waals surface area contributed by atoms with Gasteiger partial charge in [-0.25, -0.2) is 0 Å². The fourth-order valence-electron chi connectivity index (χ4n) is 4.43.